The van der Waals surface area contributed by atoms with Crippen molar-refractivity contribution in [1.82, 2.24) is 14.8 Å². The summed E-state index contributed by atoms with van der Waals surface area (Å²) in [6.45, 7) is 1.78. The predicted molar refractivity (Wildman–Crippen MR) is 98.0 cm³/mol. The number of carboxylic acid groups (broad SMARTS) is 1. The van der Waals surface area contributed by atoms with Crippen LogP contribution in [0, 0.1) is 17.7 Å². The molecule has 0 unspecified atom stereocenters. The van der Waals surface area contributed by atoms with E-state index in [0.29, 0.717) is 36.6 Å². The lowest BCUT2D eigenvalue weighted by Crippen LogP contribution is -2.59. The van der Waals surface area contributed by atoms with E-state index >= 15 is 0 Å². The minimum atomic E-state index is -0.933. The first kappa shape index (κ1) is 18.5. The van der Waals surface area contributed by atoms with Gasteiger partial charge in [-0.2, -0.15) is 0 Å². The second kappa shape index (κ2) is 7.93. The molecule has 0 atom stereocenters. The molecule has 3 N–H and O–H groups in total. The molecule has 0 radical (unpaired) electrons. The van der Waals surface area contributed by atoms with Crippen LogP contribution in [0.25, 0.3) is 0 Å². The van der Waals surface area contributed by atoms with Gasteiger partial charge in [-0.05, 0) is 12.1 Å². The summed E-state index contributed by atoms with van der Waals surface area (Å²) >= 11 is 0. The van der Waals surface area contributed by atoms with Crippen LogP contribution in [0.1, 0.15) is 5.56 Å². The first-order chi connectivity index (χ1) is 12.9. The van der Waals surface area contributed by atoms with Crippen LogP contribution in [0.4, 0.5) is 14.9 Å². The first-order valence-corrected chi connectivity index (χ1v) is 8.28. The maximum atomic E-state index is 13.9. The third-order valence-electron chi connectivity index (χ3n) is 4.27. The summed E-state index contributed by atoms with van der Waals surface area (Å²) in [4.78, 5) is 18.3. The van der Waals surface area contributed by atoms with Gasteiger partial charge in [-0.15, -0.1) is 0 Å². The normalized spacial score (nSPS) is 14.0. The minimum Gasteiger partial charge on any atom is -0.465 e. The highest BCUT2D eigenvalue weighted by Crippen LogP contribution is 2.27. The fourth-order valence-corrected chi connectivity index (χ4v) is 2.60. The Hall–Kier alpha value is -3.31. The van der Waals surface area contributed by atoms with E-state index in [4.69, 9.17) is 15.6 Å². The molecule has 1 aliphatic heterocycles. The highest BCUT2D eigenvalue weighted by molar-refractivity contribution is 5.65. The average molecular weight is 370 g/mol. The molecule has 1 fully saturated rings. The van der Waals surface area contributed by atoms with E-state index in [-0.39, 0.29) is 11.8 Å². The van der Waals surface area contributed by atoms with Gasteiger partial charge in [-0.25, -0.2) is 9.18 Å². The number of nitrogens with zero attached hydrogens (tertiary/aromatic N) is 3. The average Bonchev–Trinajstić information content (AvgIpc) is 2.60. The number of amides is 1. The van der Waals surface area contributed by atoms with Gasteiger partial charge in [0.05, 0.1) is 18.2 Å². The lowest BCUT2D eigenvalue weighted by atomic mass is 10.1. The van der Waals surface area contributed by atoms with Crippen LogP contribution in [0.15, 0.2) is 36.7 Å². The van der Waals surface area contributed by atoms with Crippen LogP contribution >= 0.6 is 0 Å². The third-order valence-corrected chi connectivity index (χ3v) is 4.27. The lowest BCUT2D eigenvalue weighted by molar-refractivity contribution is 0.0579. The molecule has 2 aromatic rings. The van der Waals surface area contributed by atoms with E-state index in [1.54, 1.807) is 25.4 Å². The number of hydrogen-bond acceptors (Lipinski definition) is 5. The molecule has 1 aromatic heterocycles. The highest BCUT2D eigenvalue weighted by Gasteiger charge is 2.31. The Kier molecular flexibility index (Phi) is 5.43. The van der Waals surface area contributed by atoms with Crippen LogP contribution in [0.5, 0.6) is 11.5 Å². The molecule has 0 saturated carbocycles. The smallest absolute Gasteiger partial charge is 0.407 e. The number of rotatable bonds is 4. The summed E-state index contributed by atoms with van der Waals surface area (Å²) in [7, 11) is 1.56. The first-order valence-electron chi connectivity index (χ1n) is 8.28. The molecule has 1 aliphatic rings. The van der Waals surface area contributed by atoms with E-state index in [0.717, 1.165) is 0 Å². The number of pyridine rings is 1. The quantitative estimate of drug-likeness (QED) is 0.634. The number of likely N-dealkylation sites (tertiary alicyclic amines) is 1. The Morgan fingerprint density at radius 1 is 1.44 bits per heavy atom. The number of likely N-dealkylation sites (N-methyl/N-ethyl adjacent to an activating group) is 1. The summed E-state index contributed by atoms with van der Waals surface area (Å²) < 4.78 is 19.5. The summed E-state index contributed by atoms with van der Waals surface area (Å²) in [5.74, 6) is 5.89. The standard InChI is InChI=1S/C19H19FN4O3/c1-23(19(25)26)15-11-24(12-15)8-2-3-13-10-22-7-6-17(13)27-18-5-4-14(21)9-16(18)20/h4-7,9-10,15H,8,11-12,21H2,1H3,(H,25,26). The number of ether oxygens (including phenoxy) is 1. The van der Waals surface area contributed by atoms with Gasteiger partial charge in [-0.3, -0.25) is 9.88 Å². The van der Waals surface area contributed by atoms with Gasteiger partial charge in [0.2, 0.25) is 0 Å². The molecule has 0 aliphatic carbocycles. The summed E-state index contributed by atoms with van der Waals surface area (Å²) in [6.07, 6.45) is 2.16. The van der Waals surface area contributed by atoms with Crippen molar-refractivity contribution in [2.75, 3.05) is 32.4 Å². The molecule has 8 heteroatoms. The van der Waals surface area contributed by atoms with Crippen LogP contribution in [0.2, 0.25) is 0 Å². The van der Waals surface area contributed by atoms with E-state index in [9.17, 15) is 9.18 Å². The van der Waals surface area contributed by atoms with E-state index in [1.165, 1.54) is 23.2 Å². The zero-order valence-electron chi connectivity index (χ0n) is 14.7. The van der Waals surface area contributed by atoms with Crippen LogP contribution in [-0.4, -0.2) is 58.7 Å². The summed E-state index contributed by atoms with van der Waals surface area (Å²) in [6, 6.07) is 5.81. The van der Waals surface area contributed by atoms with Crippen LogP contribution < -0.4 is 10.5 Å². The van der Waals surface area contributed by atoms with Crippen molar-refractivity contribution in [3.63, 3.8) is 0 Å². The molecule has 2 heterocycles. The number of nitrogen functional groups attached to an aromatic ring is 1. The molecule has 27 heavy (non-hydrogen) atoms. The van der Waals surface area contributed by atoms with Crippen LogP contribution in [-0.2, 0) is 0 Å². The second-order valence-electron chi connectivity index (χ2n) is 6.21. The number of benzene rings is 1. The monoisotopic (exact) mass is 370 g/mol. The van der Waals surface area contributed by atoms with Crippen molar-refractivity contribution in [3.05, 3.63) is 48.0 Å². The van der Waals surface area contributed by atoms with Crippen molar-refractivity contribution in [2.45, 2.75) is 6.04 Å². The molecule has 1 amide bonds. The fraction of sp³-hybridized carbons (Fsp3) is 0.263. The molecule has 0 bridgehead atoms. The number of hydrogen-bond donors (Lipinski definition) is 2. The molecule has 3 rings (SSSR count). The van der Waals surface area contributed by atoms with Gasteiger partial charge in [0.15, 0.2) is 11.6 Å². The van der Waals surface area contributed by atoms with Gasteiger partial charge >= 0.3 is 6.09 Å². The fourth-order valence-electron chi connectivity index (χ4n) is 2.60. The van der Waals surface area contributed by atoms with Gasteiger partial charge in [0.1, 0.15) is 5.75 Å². The Bertz CT molecular complexity index is 903. The second-order valence-corrected chi connectivity index (χ2v) is 6.21. The Balaban J connectivity index is 1.62. The Morgan fingerprint density at radius 2 is 2.22 bits per heavy atom. The van der Waals surface area contributed by atoms with E-state index in [2.05, 4.69) is 16.8 Å². The van der Waals surface area contributed by atoms with Crippen molar-refractivity contribution < 1.29 is 19.0 Å². The Labute approximate surface area is 156 Å². The van der Waals surface area contributed by atoms with Crippen molar-refractivity contribution in [3.8, 4) is 23.3 Å². The molecule has 140 valence electrons. The summed E-state index contributed by atoms with van der Waals surface area (Å²) in [5, 5.41) is 8.94. The van der Waals surface area contributed by atoms with Crippen molar-refractivity contribution in [1.29, 1.82) is 0 Å². The van der Waals surface area contributed by atoms with E-state index in [1.807, 2.05) is 4.90 Å². The minimum absolute atomic E-state index is 0.00456. The van der Waals surface area contributed by atoms with Gasteiger partial charge in [0.25, 0.3) is 0 Å². The number of carbonyl (C=O) groups is 1. The highest BCUT2D eigenvalue weighted by atomic mass is 19.1. The number of anilines is 1. The largest absolute Gasteiger partial charge is 0.465 e. The SMILES string of the molecule is CN(C(=O)O)C1CN(CC#Cc2cnccc2Oc2ccc(N)cc2F)C1. The molecule has 0 spiro atoms. The van der Waals surface area contributed by atoms with Gasteiger partial charge in [-0.1, -0.05) is 11.8 Å². The van der Waals surface area contributed by atoms with Gasteiger partial charge in [0, 0.05) is 50.4 Å². The zero-order chi connectivity index (χ0) is 19.4. The number of nitrogens with two attached hydrogens (primary N) is 1. The topological polar surface area (TPSA) is 91.9 Å². The molecule has 7 nitrogen and oxygen atoms in total. The molecule has 1 aromatic carbocycles. The van der Waals surface area contributed by atoms with E-state index < -0.39 is 11.9 Å². The molecular weight excluding hydrogens is 351 g/mol. The van der Waals surface area contributed by atoms with Crippen molar-refractivity contribution in [2.24, 2.45) is 0 Å². The lowest BCUT2D eigenvalue weighted by Gasteiger charge is -2.41. The third kappa shape index (κ3) is 4.46. The van der Waals surface area contributed by atoms with Crippen molar-refractivity contribution >= 4 is 11.8 Å². The molecule has 1 saturated heterocycles. The van der Waals surface area contributed by atoms with Gasteiger partial charge < -0.3 is 20.5 Å². The molecular formula is C19H19FN4O3. The number of halogens is 1. The zero-order valence-corrected chi connectivity index (χ0v) is 14.7. The Morgan fingerprint density at radius 3 is 2.93 bits per heavy atom. The van der Waals surface area contributed by atoms with Crippen LogP contribution in [0.3, 0.4) is 0 Å². The predicted octanol–water partition coefficient (Wildman–Crippen LogP) is 2.24. The number of aromatic nitrogens is 1. The maximum Gasteiger partial charge on any atom is 0.407 e. The summed E-state index contributed by atoms with van der Waals surface area (Å²) in [5.41, 5.74) is 6.39. The maximum absolute atomic E-state index is 13.9.